The van der Waals surface area contributed by atoms with Crippen molar-refractivity contribution in [1.82, 2.24) is 15.6 Å². The van der Waals surface area contributed by atoms with Crippen molar-refractivity contribution in [3.05, 3.63) is 23.9 Å². The first kappa shape index (κ1) is 21.2. The van der Waals surface area contributed by atoms with Crippen molar-refractivity contribution in [2.75, 3.05) is 40.0 Å². The maximum absolute atomic E-state index is 12.1. The molecule has 2 rings (SSSR count). The first-order valence-electron chi connectivity index (χ1n) is 8.63. The summed E-state index contributed by atoms with van der Waals surface area (Å²) >= 11 is 0. The minimum Gasteiger partial charge on any atom is -0.468 e. The number of nitrogens with one attached hydrogen (secondary N) is 2. The second kappa shape index (κ2) is 9.75. The van der Waals surface area contributed by atoms with Gasteiger partial charge in [0.1, 0.15) is 0 Å². The molecule has 0 aromatic carbocycles. The van der Waals surface area contributed by atoms with Crippen molar-refractivity contribution in [3.63, 3.8) is 0 Å². The number of rotatable bonds is 8. The Morgan fingerprint density at radius 1 is 1.41 bits per heavy atom. The van der Waals surface area contributed by atoms with E-state index in [0.717, 1.165) is 12.0 Å². The van der Waals surface area contributed by atoms with Crippen molar-refractivity contribution >= 4 is 5.96 Å². The highest BCUT2D eigenvalue weighted by atomic mass is 19.4. The van der Waals surface area contributed by atoms with E-state index in [0.29, 0.717) is 38.7 Å². The molecule has 1 aliphatic rings. The van der Waals surface area contributed by atoms with Crippen molar-refractivity contribution < 1.29 is 27.8 Å². The lowest BCUT2D eigenvalue weighted by Gasteiger charge is -2.27. The van der Waals surface area contributed by atoms with Gasteiger partial charge in [-0.05, 0) is 18.4 Å². The molecule has 3 N–H and O–H groups in total. The van der Waals surface area contributed by atoms with E-state index < -0.39 is 12.8 Å². The Hall–Kier alpha value is -2.07. The average Bonchev–Trinajstić information content (AvgIpc) is 3.09. The minimum atomic E-state index is -4.39. The largest absolute Gasteiger partial charge is 0.468 e. The summed E-state index contributed by atoms with van der Waals surface area (Å²) in [6.45, 7) is 1.04. The van der Waals surface area contributed by atoms with Gasteiger partial charge in [-0.3, -0.25) is 4.99 Å². The number of pyridine rings is 1. The third kappa shape index (κ3) is 7.22. The van der Waals surface area contributed by atoms with Crippen LogP contribution in [0.5, 0.6) is 5.88 Å². The number of halogens is 3. The van der Waals surface area contributed by atoms with Crippen molar-refractivity contribution in [1.29, 1.82) is 0 Å². The van der Waals surface area contributed by atoms with E-state index in [9.17, 15) is 18.3 Å². The van der Waals surface area contributed by atoms with E-state index in [1.807, 2.05) is 0 Å². The lowest BCUT2D eigenvalue weighted by molar-refractivity contribution is -0.154. The quantitative estimate of drug-likeness (QED) is 0.460. The topological polar surface area (TPSA) is 88.0 Å². The Balaban J connectivity index is 1.80. The summed E-state index contributed by atoms with van der Waals surface area (Å²) in [6, 6.07) is 3.03. The van der Waals surface area contributed by atoms with Crippen LogP contribution in [-0.2, 0) is 11.3 Å². The Morgan fingerprint density at radius 2 is 2.22 bits per heavy atom. The molecule has 27 heavy (non-hydrogen) atoms. The zero-order chi connectivity index (χ0) is 19.8. The predicted octanol–water partition coefficient (Wildman–Crippen LogP) is 1.48. The number of guanidine groups is 1. The van der Waals surface area contributed by atoms with Crippen LogP contribution in [-0.4, -0.2) is 62.2 Å². The lowest BCUT2D eigenvalue weighted by atomic mass is 9.84. The molecule has 2 heterocycles. The van der Waals surface area contributed by atoms with E-state index in [1.54, 1.807) is 13.1 Å². The normalized spacial score (nSPS) is 20.6. The zero-order valence-corrected chi connectivity index (χ0v) is 15.2. The van der Waals surface area contributed by atoms with E-state index in [-0.39, 0.29) is 17.9 Å². The van der Waals surface area contributed by atoms with Crippen LogP contribution in [0.4, 0.5) is 13.2 Å². The van der Waals surface area contributed by atoms with Gasteiger partial charge < -0.3 is 25.2 Å². The fourth-order valence-electron chi connectivity index (χ4n) is 2.75. The van der Waals surface area contributed by atoms with Crippen LogP contribution in [0.1, 0.15) is 18.4 Å². The van der Waals surface area contributed by atoms with Crippen LogP contribution in [0.2, 0.25) is 0 Å². The molecule has 1 saturated heterocycles. The summed E-state index contributed by atoms with van der Waals surface area (Å²) in [7, 11) is 1.64. The highest BCUT2D eigenvalue weighted by molar-refractivity contribution is 5.79. The fourth-order valence-corrected chi connectivity index (χ4v) is 2.75. The van der Waals surface area contributed by atoms with Crippen LogP contribution in [0.25, 0.3) is 0 Å². The summed E-state index contributed by atoms with van der Waals surface area (Å²) in [5.74, 6) is 0.502. The summed E-state index contributed by atoms with van der Waals surface area (Å²) < 4.78 is 46.4. The third-order valence-electron chi connectivity index (χ3n) is 4.32. The van der Waals surface area contributed by atoms with Crippen LogP contribution in [0, 0.1) is 5.41 Å². The molecule has 1 aliphatic heterocycles. The highest BCUT2D eigenvalue weighted by Crippen LogP contribution is 2.31. The standard InChI is InChI=1S/C17H25F3N4O3/c1-21-15(24-10-16(4-6-25)5-7-26-11-16)23-9-13-2-3-14(22-8-13)27-12-17(18,19)20/h2-3,8,25H,4-7,9-12H2,1H3,(H2,21,23,24). The first-order chi connectivity index (χ1) is 12.9. The van der Waals surface area contributed by atoms with Gasteiger partial charge in [0.2, 0.25) is 5.88 Å². The minimum absolute atomic E-state index is 0.0780. The van der Waals surface area contributed by atoms with Crippen LogP contribution < -0.4 is 15.4 Å². The van der Waals surface area contributed by atoms with E-state index in [4.69, 9.17) is 4.74 Å². The molecule has 152 valence electrons. The molecule has 0 bridgehead atoms. The summed E-state index contributed by atoms with van der Waals surface area (Å²) in [5, 5.41) is 15.6. The number of hydrogen-bond donors (Lipinski definition) is 3. The Kier molecular flexibility index (Phi) is 7.66. The average molecular weight is 390 g/mol. The predicted molar refractivity (Wildman–Crippen MR) is 93.6 cm³/mol. The van der Waals surface area contributed by atoms with Crippen LogP contribution in [0.3, 0.4) is 0 Å². The van der Waals surface area contributed by atoms with Gasteiger partial charge in [-0.25, -0.2) is 4.98 Å². The monoisotopic (exact) mass is 390 g/mol. The number of aliphatic imine (C=N–C) groups is 1. The van der Waals surface area contributed by atoms with Gasteiger partial charge in [0.05, 0.1) is 6.61 Å². The molecular weight excluding hydrogens is 365 g/mol. The van der Waals surface area contributed by atoms with Gasteiger partial charge in [0.25, 0.3) is 0 Å². The Bertz CT molecular complexity index is 602. The van der Waals surface area contributed by atoms with Gasteiger partial charge in [-0.1, -0.05) is 6.07 Å². The molecule has 1 fully saturated rings. The molecule has 0 spiro atoms. The van der Waals surface area contributed by atoms with Gasteiger partial charge in [-0.2, -0.15) is 13.2 Å². The molecule has 0 aliphatic carbocycles. The summed E-state index contributed by atoms with van der Waals surface area (Å²) in [5.41, 5.74) is 0.664. The van der Waals surface area contributed by atoms with Crippen molar-refractivity contribution in [2.24, 2.45) is 10.4 Å². The maximum Gasteiger partial charge on any atom is 0.422 e. The molecule has 10 heteroatoms. The maximum atomic E-state index is 12.1. The first-order valence-corrected chi connectivity index (χ1v) is 8.63. The summed E-state index contributed by atoms with van der Waals surface area (Å²) in [4.78, 5) is 8.01. The van der Waals surface area contributed by atoms with Crippen molar-refractivity contribution in [3.8, 4) is 5.88 Å². The van der Waals surface area contributed by atoms with Crippen LogP contribution >= 0.6 is 0 Å². The molecule has 1 aromatic heterocycles. The third-order valence-corrected chi connectivity index (χ3v) is 4.32. The fraction of sp³-hybridized carbons (Fsp3) is 0.647. The number of hydrogen-bond acceptors (Lipinski definition) is 5. The summed E-state index contributed by atoms with van der Waals surface area (Å²) in [6.07, 6.45) is -1.41. The second-order valence-corrected chi connectivity index (χ2v) is 6.46. The molecular formula is C17H25F3N4O3. The van der Waals surface area contributed by atoms with Crippen molar-refractivity contribution in [2.45, 2.75) is 25.6 Å². The highest BCUT2D eigenvalue weighted by Gasteiger charge is 2.34. The van der Waals surface area contributed by atoms with E-state index >= 15 is 0 Å². The number of aliphatic hydroxyl groups excluding tert-OH is 1. The second-order valence-electron chi connectivity index (χ2n) is 6.46. The Labute approximate surface area is 156 Å². The number of aromatic nitrogens is 1. The number of nitrogens with zero attached hydrogens (tertiary/aromatic N) is 2. The molecule has 0 saturated carbocycles. The molecule has 1 atom stereocenters. The van der Waals surface area contributed by atoms with E-state index in [2.05, 4.69) is 25.3 Å². The molecule has 0 radical (unpaired) electrons. The van der Waals surface area contributed by atoms with Gasteiger partial charge in [0.15, 0.2) is 12.6 Å². The Morgan fingerprint density at radius 3 is 2.78 bits per heavy atom. The van der Waals surface area contributed by atoms with Gasteiger partial charge >= 0.3 is 6.18 Å². The van der Waals surface area contributed by atoms with Gasteiger partial charge in [0, 0.05) is 51.0 Å². The number of alkyl halides is 3. The SMILES string of the molecule is CN=C(NCc1ccc(OCC(F)(F)F)nc1)NCC1(CCO)CCOC1. The van der Waals surface area contributed by atoms with Crippen LogP contribution in [0.15, 0.2) is 23.3 Å². The zero-order valence-electron chi connectivity index (χ0n) is 15.2. The number of aliphatic hydroxyl groups is 1. The molecule has 1 unspecified atom stereocenters. The smallest absolute Gasteiger partial charge is 0.422 e. The lowest BCUT2D eigenvalue weighted by Crippen LogP contribution is -2.44. The van der Waals surface area contributed by atoms with Gasteiger partial charge in [-0.15, -0.1) is 0 Å². The van der Waals surface area contributed by atoms with E-state index in [1.165, 1.54) is 12.3 Å². The number of ether oxygens (including phenoxy) is 2. The molecule has 7 nitrogen and oxygen atoms in total. The molecule has 1 aromatic rings. The molecule has 0 amide bonds.